The van der Waals surface area contributed by atoms with E-state index in [2.05, 4.69) is 35.4 Å². The van der Waals surface area contributed by atoms with Crippen LogP contribution < -0.4 is 5.32 Å². The average molecular weight is 226 g/mol. The molecule has 0 amide bonds. The summed E-state index contributed by atoms with van der Waals surface area (Å²) in [6, 6.07) is 11.9. The predicted molar refractivity (Wildman–Crippen MR) is 67.5 cm³/mol. The van der Waals surface area contributed by atoms with Crippen LogP contribution in [0.25, 0.3) is 11.3 Å². The Morgan fingerprint density at radius 2 is 2.18 bits per heavy atom. The maximum absolute atomic E-state index is 8.84. The number of nitrogens with one attached hydrogen (secondary N) is 2. The van der Waals surface area contributed by atoms with E-state index in [1.54, 1.807) is 6.07 Å². The first kappa shape index (κ1) is 11.2. The molecule has 1 aromatic heterocycles. The summed E-state index contributed by atoms with van der Waals surface area (Å²) in [5.74, 6) is 0.817. The molecule has 0 aliphatic rings. The van der Waals surface area contributed by atoms with E-state index in [1.807, 2.05) is 24.3 Å². The largest absolute Gasteiger partial charge is 0.366 e. The zero-order valence-electron chi connectivity index (χ0n) is 9.86. The molecule has 0 atom stereocenters. The molecule has 4 heteroatoms. The van der Waals surface area contributed by atoms with Crippen LogP contribution in [0.15, 0.2) is 30.3 Å². The Kier molecular flexibility index (Phi) is 3.10. The Morgan fingerprint density at radius 3 is 2.88 bits per heavy atom. The Balaban J connectivity index is 2.27. The second-order valence-corrected chi connectivity index (χ2v) is 4.16. The van der Waals surface area contributed by atoms with Crippen LogP contribution in [0.4, 0.5) is 5.82 Å². The van der Waals surface area contributed by atoms with Gasteiger partial charge in [-0.25, -0.2) is 0 Å². The van der Waals surface area contributed by atoms with Gasteiger partial charge in [0, 0.05) is 17.7 Å². The Hall–Kier alpha value is -2.28. The average Bonchev–Trinajstić information content (AvgIpc) is 2.77. The van der Waals surface area contributed by atoms with Gasteiger partial charge in [-0.2, -0.15) is 10.4 Å². The molecule has 0 spiro atoms. The minimum Gasteiger partial charge on any atom is -0.366 e. The molecule has 17 heavy (non-hydrogen) atoms. The van der Waals surface area contributed by atoms with Gasteiger partial charge in [-0.1, -0.05) is 12.1 Å². The topological polar surface area (TPSA) is 64.5 Å². The van der Waals surface area contributed by atoms with Gasteiger partial charge in [-0.3, -0.25) is 5.10 Å². The zero-order valence-corrected chi connectivity index (χ0v) is 9.86. The number of nitrogens with zero attached hydrogens (tertiary/aromatic N) is 2. The van der Waals surface area contributed by atoms with Crippen molar-refractivity contribution in [2.45, 2.75) is 19.9 Å². The molecule has 1 aromatic carbocycles. The Labute approximate surface area is 100 Å². The van der Waals surface area contributed by atoms with Crippen molar-refractivity contribution >= 4 is 5.82 Å². The summed E-state index contributed by atoms with van der Waals surface area (Å²) in [7, 11) is 0. The number of anilines is 1. The number of rotatable bonds is 3. The maximum Gasteiger partial charge on any atom is 0.148 e. The van der Waals surface area contributed by atoms with Crippen LogP contribution in [-0.2, 0) is 0 Å². The highest BCUT2D eigenvalue weighted by Crippen LogP contribution is 2.20. The summed E-state index contributed by atoms with van der Waals surface area (Å²) in [5.41, 5.74) is 2.52. The number of nitriles is 1. The van der Waals surface area contributed by atoms with E-state index < -0.39 is 0 Å². The summed E-state index contributed by atoms with van der Waals surface area (Å²) in [6.45, 7) is 4.12. The molecular weight excluding hydrogens is 212 g/mol. The van der Waals surface area contributed by atoms with Crippen LogP contribution in [0.1, 0.15) is 19.4 Å². The third-order valence-corrected chi connectivity index (χ3v) is 2.32. The molecule has 4 nitrogen and oxygen atoms in total. The molecule has 0 aliphatic heterocycles. The molecule has 0 bridgehead atoms. The van der Waals surface area contributed by atoms with Crippen LogP contribution >= 0.6 is 0 Å². The van der Waals surface area contributed by atoms with E-state index in [0.717, 1.165) is 17.1 Å². The first-order chi connectivity index (χ1) is 8.19. The van der Waals surface area contributed by atoms with Crippen LogP contribution in [0, 0.1) is 11.3 Å². The van der Waals surface area contributed by atoms with E-state index >= 15 is 0 Å². The Morgan fingerprint density at radius 1 is 1.35 bits per heavy atom. The number of hydrogen-bond acceptors (Lipinski definition) is 3. The highest BCUT2D eigenvalue weighted by atomic mass is 15.2. The van der Waals surface area contributed by atoms with Crippen LogP contribution in [-0.4, -0.2) is 16.2 Å². The van der Waals surface area contributed by atoms with Crippen molar-refractivity contribution in [3.63, 3.8) is 0 Å². The standard InChI is InChI=1S/C13H14N4/c1-9(2)15-13-7-12(16-17-13)11-5-3-4-10(6-11)8-14/h3-7,9H,1-2H3,(H2,15,16,17). The van der Waals surface area contributed by atoms with Crippen LogP contribution in [0.2, 0.25) is 0 Å². The number of aromatic amines is 1. The fraction of sp³-hybridized carbons (Fsp3) is 0.231. The molecule has 2 N–H and O–H groups in total. The summed E-state index contributed by atoms with van der Waals surface area (Å²) in [6.07, 6.45) is 0. The third-order valence-electron chi connectivity index (χ3n) is 2.32. The van der Waals surface area contributed by atoms with Gasteiger partial charge < -0.3 is 5.32 Å². The summed E-state index contributed by atoms with van der Waals surface area (Å²) in [5, 5.41) is 19.2. The zero-order chi connectivity index (χ0) is 12.3. The first-order valence-corrected chi connectivity index (χ1v) is 5.51. The van der Waals surface area contributed by atoms with Crippen molar-refractivity contribution in [3.05, 3.63) is 35.9 Å². The van der Waals surface area contributed by atoms with Crippen LogP contribution in [0.5, 0.6) is 0 Å². The lowest BCUT2D eigenvalue weighted by Crippen LogP contribution is -2.09. The smallest absolute Gasteiger partial charge is 0.148 e. The van der Waals surface area contributed by atoms with Gasteiger partial charge in [0.05, 0.1) is 17.3 Å². The summed E-state index contributed by atoms with van der Waals surface area (Å²) < 4.78 is 0. The second-order valence-electron chi connectivity index (χ2n) is 4.16. The molecule has 1 heterocycles. The molecule has 0 saturated carbocycles. The molecule has 0 saturated heterocycles. The quantitative estimate of drug-likeness (QED) is 0.845. The molecular formula is C13H14N4. The molecule has 0 fully saturated rings. The molecule has 2 aromatic rings. The maximum atomic E-state index is 8.84. The lowest BCUT2D eigenvalue weighted by atomic mass is 10.1. The van der Waals surface area contributed by atoms with Crippen molar-refractivity contribution in [2.24, 2.45) is 0 Å². The summed E-state index contributed by atoms with van der Waals surface area (Å²) in [4.78, 5) is 0. The SMILES string of the molecule is CC(C)Nc1cc(-c2cccc(C#N)c2)[nH]n1. The van der Waals surface area contributed by atoms with Crippen molar-refractivity contribution < 1.29 is 0 Å². The van der Waals surface area contributed by atoms with Crippen LogP contribution in [0.3, 0.4) is 0 Å². The van der Waals surface area contributed by atoms with E-state index in [4.69, 9.17) is 5.26 Å². The lowest BCUT2D eigenvalue weighted by Gasteiger charge is -2.04. The number of H-pyrrole nitrogens is 1. The van der Waals surface area contributed by atoms with E-state index in [0.29, 0.717) is 11.6 Å². The van der Waals surface area contributed by atoms with Crippen molar-refractivity contribution in [1.82, 2.24) is 10.2 Å². The minimum absolute atomic E-state index is 0.344. The molecule has 0 radical (unpaired) electrons. The van der Waals surface area contributed by atoms with Gasteiger partial charge in [0.25, 0.3) is 0 Å². The van der Waals surface area contributed by atoms with Gasteiger partial charge >= 0.3 is 0 Å². The van der Waals surface area contributed by atoms with Gasteiger partial charge in [-0.15, -0.1) is 0 Å². The number of benzene rings is 1. The van der Waals surface area contributed by atoms with E-state index in [-0.39, 0.29) is 0 Å². The first-order valence-electron chi connectivity index (χ1n) is 5.51. The minimum atomic E-state index is 0.344. The predicted octanol–water partition coefficient (Wildman–Crippen LogP) is 2.77. The van der Waals surface area contributed by atoms with E-state index in [9.17, 15) is 0 Å². The number of aromatic nitrogens is 2. The van der Waals surface area contributed by atoms with Gasteiger partial charge in [0.2, 0.25) is 0 Å². The third kappa shape index (κ3) is 2.64. The normalized spacial score (nSPS) is 10.2. The fourth-order valence-corrected chi connectivity index (χ4v) is 1.60. The van der Waals surface area contributed by atoms with Gasteiger partial charge in [0.1, 0.15) is 5.82 Å². The monoisotopic (exact) mass is 226 g/mol. The second kappa shape index (κ2) is 4.71. The van der Waals surface area contributed by atoms with Gasteiger partial charge in [-0.05, 0) is 26.0 Å². The lowest BCUT2D eigenvalue weighted by molar-refractivity contribution is 0.884. The fourth-order valence-electron chi connectivity index (χ4n) is 1.60. The Bertz CT molecular complexity index is 549. The molecule has 0 aliphatic carbocycles. The molecule has 2 rings (SSSR count). The van der Waals surface area contributed by atoms with Gasteiger partial charge in [0.15, 0.2) is 0 Å². The van der Waals surface area contributed by atoms with Crippen molar-refractivity contribution in [1.29, 1.82) is 5.26 Å². The van der Waals surface area contributed by atoms with Crippen molar-refractivity contribution in [2.75, 3.05) is 5.32 Å². The highest BCUT2D eigenvalue weighted by Gasteiger charge is 2.04. The van der Waals surface area contributed by atoms with E-state index in [1.165, 1.54) is 0 Å². The van der Waals surface area contributed by atoms with Crippen molar-refractivity contribution in [3.8, 4) is 17.3 Å². The number of hydrogen-bond donors (Lipinski definition) is 2. The summed E-state index contributed by atoms with van der Waals surface area (Å²) >= 11 is 0. The highest BCUT2D eigenvalue weighted by molar-refractivity contribution is 5.64. The molecule has 0 unspecified atom stereocenters. The molecule has 86 valence electrons.